The number of aryl methyl sites for hydroxylation is 1. The predicted octanol–water partition coefficient (Wildman–Crippen LogP) is 3.57. The van der Waals surface area contributed by atoms with E-state index in [1.807, 2.05) is 32.0 Å². The summed E-state index contributed by atoms with van der Waals surface area (Å²) in [5.74, 6) is -0.624. The molecule has 1 aliphatic heterocycles. The van der Waals surface area contributed by atoms with Gasteiger partial charge in [0.25, 0.3) is 0 Å². The molecule has 2 amide bonds. The SMILES string of the molecule is Cc1cccc(N2C[C@@H](C(=O)NCc3ccc(OC(F)F)cc3)CC2=O)c1C. The Bertz CT molecular complexity index is 868. The van der Waals surface area contributed by atoms with Gasteiger partial charge in [0.15, 0.2) is 0 Å². The van der Waals surface area contributed by atoms with Crippen LogP contribution in [0.25, 0.3) is 0 Å². The topological polar surface area (TPSA) is 58.6 Å². The highest BCUT2D eigenvalue weighted by Gasteiger charge is 2.35. The molecule has 5 nitrogen and oxygen atoms in total. The van der Waals surface area contributed by atoms with E-state index in [2.05, 4.69) is 10.1 Å². The lowest BCUT2D eigenvalue weighted by molar-refractivity contribution is -0.126. The van der Waals surface area contributed by atoms with Gasteiger partial charge in [-0.05, 0) is 48.7 Å². The van der Waals surface area contributed by atoms with Crippen LogP contribution < -0.4 is 15.0 Å². The number of benzene rings is 2. The zero-order valence-electron chi connectivity index (χ0n) is 15.7. The number of amides is 2. The number of carbonyl (C=O) groups is 2. The van der Waals surface area contributed by atoms with Gasteiger partial charge in [-0.1, -0.05) is 24.3 Å². The van der Waals surface area contributed by atoms with E-state index in [9.17, 15) is 18.4 Å². The zero-order valence-corrected chi connectivity index (χ0v) is 15.7. The molecule has 2 aromatic carbocycles. The number of hydrogen-bond acceptors (Lipinski definition) is 3. The lowest BCUT2D eigenvalue weighted by Crippen LogP contribution is -2.32. The van der Waals surface area contributed by atoms with Crippen LogP contribution in [0.15, 0.2) is 42.5 Å². The second kappa shape index (κ2) is 8.37. The van der Waals surface area contributed by atoms with Crippen molar-refractivity contribution in [1.82, 2.24) is 5.32 Å². The molecule has 0 unspecified atom stereocenters. The van der Waals surface area contributed by atoms with Gasteiger partial charge in [-0.3, -0.25) is 9.59 Å². The summed E-state index contributed by atoms with van der Waals surface area (Å²) in [6.07, 6.45) is 0.167. The van der Waals surface area contributed by atoms with Crippen molar-refractivity contribution in [2.75, 3.05) is 11.4 Å². The second-order valence-corrected chi connectivity index (χ2v) is 6.86. The lowest BCUT2D eigenvalue weighted by atomic mass is 10.1. The number of halogens is 2. The summed E-state index contributed by atoms with van der Waals surface area (Å²) in [7, 11) is 0. The van der Waals surface area contributed by atoms with Gasteiger partial charge < -0.3 is 15.0 Å². The average molecular weight is 388 g/mol. The Morgan fingerprint density at radius 2 is 1.93 bits per heavy atom. The first kappa shape index (κ1) is 19.8. The highest BCUT2D eigenvalue weighted by molar-refractivity contribution is 6.00. The molecule has 1 saturated heterocycles. The monoisotopic (exact) mass is 388 g/mol. The van der Waals surface area contributed by atoms with E-state index in [0.29, 0.717) is 6.54 Å². The summed E-state index contributed by atoms with van der Waals surface area (Å²) < 4.78 is 28.6. The van der Waals surface area contributed by atoms with Crippen LogP contribution in [0.3, 0.4) is 0 Å². The molecule has 1 fully saturated rings. The normalized spacial score (nSPS) is 16.5. The summed E-state index contributed by atoms with van der Waals surface area (Å²) in [4.78, 5) is 26.6. The first-order chi connectivity index (χ1) is 13.3. The molecule has 3 rings (SSSR count). The molecular formula is C21H22F2N2O3. The molecule has 148 valence electrons. The molecule has 28 heavy (non-hydrogen) atoms. The molecular weight excluding hydrogens is 366 g/mol. The van der Waals surface area contributed by atoms with Crippen molar-refractivity contribution in [3.8, 4) is 5.75 Å². The van der Waals surface area contributed by atoms with E-state index in [1.54, 1.807) is 17.0 Å². The second-order valence-electron chi connectivity index (χ2n) is 6.86. The summed E-state index contributed by atoms with van der Waals surface area (Å²) in [6.45, 7) is 1.68. The number of hydrogen-bond donors (Lipinski definition) is 1. The third kappa shape index (κ3) is 4.47. The molecule has 1 N–H and O–H groups in total. The van der Waals surface area contributed by atoms with E-state index in [0.717, 1.165) is 22.4 Å². The molecule has 1 aliphatic rings. The quantitative estimate of drug-likeness (QED) is 0.823. The fraction of sp³-hybridized carbons (Fsp3) is 0.333. The average Bonchev–Trinajstić information content (AvgIpc) is 3.04. The van der Waals surface area contributed by atoms with Crippen molar-refractivity contribution in [3.63, 3.8) is 0 Å². The van der Waals surface area contributed by atoms with Crippen LogP contribution in [0.1, 0.15) is 23.1 Å². The maximum absolute atomic E-state index is 12.5. The third-order valence-corrected chi connectivity index (χ3v) is 4.98. The van der Waals surface area contributed by atoms with Crippen LogP contribution in [-0.4, -0.2) is 25.0 Å². The smallest absolute Gasteiger partial charge is 0.387 e. The Hall–Kier alpha value is -2.96. The maximum atomic E-state index is 12.5. The Labute approximate surface area is 162 Å². The maximum Gasteiger partial charge on any atom is 0.387 e. The molecule has 2 aromatic rings. The molecule has 0 aromatic heterocycles. The fourth-order valence-electron chi connectivity index (χ4n) is 3.27. The Morgan fingerprint density at radius 3 is 2.61 bits per heavy atom. The Morgan fingerprint density at radius 1 is 1.21 bits per heavy atom. The summed E-state index contributed by atoms with van der Waals surface area (Å²) >= 11 is 0. The first-order valence-corrected chi connectivity index (χ1v) is 9.03. The Kier molecular flexibility index (Phi) is 5.92. The van der Waals surface area contributed by atoms with Crippen LogP contribution in [0.5, 0.6) is 5.75 Å². The first-order valence-electron chi connectivity index (χ1n) is 9.03. The summed E-state index contributed by atoms with van der Waals surface area (Å²) in [5.41, 5.74) is 3.72. The van der Waals surface area contributed by atoms with E-state index in [4.69, 9.17) is 0 Å². The molecule has 7 heteroatoms. The van der Waals surface area contributed by atoms with Crippen molar-refractivity contribution in [1.29, 1.82) is 0 Å². The predicted molar refractivity (Wildman–Crippen MR) is 101 cm³/mol. The lowest BCUT2D eigenvalue weighted by Gasteiger charge is -2.20. The van der Waals surface area contributed by atoms with E-state index < -0.39 is 12.5 Å². The van der Waals surface area contributed by atoms with Crippen molar-refractivity contribution in [2.24, 2.45) is 5.92 Å². The van der Waals surface area contributed by atoms with Gasteiger partial charge in [-0.25, -0.2) is 0 Å². The number of anilines is 1. The molecule has 1 atom stereocenters. The molecule has 1 heterocycles. The molecule has 0 radical (unpaired) electrons. The minimum Gasteiger partial charge on any atom is -0.435 e. The van der Waals surface area contributed by atoms with Gasteiger partial charge in [-0.15, -0.1) is 0 Å². The molecule has 0 spiro atoms. The van der Waals surface area contributed by atoms with Gasteiger partial charge in [0, 0.05) is 25.2 Å². The van der Waals surface area contributed by atoms with Gasteiger partial charge in [0.1, 0.15) is 5.75 Å². The fourth-order valence-corrected chi connectivity index (χ4v) is 3.27. The van der Waals surface area contributed by atoms with Gasteiger partial charge in [0.2, 0.25) is 11.8 Å². The number of ether oxygens (including phenoxy) is 1. The summed E-state index contributed by atoms with van der Waals surface area (Å²) in [5, 5.41) is 2.81. The number of nitrogens with one attached hydrogen (secondary N) is 1. The van der Waals surface area contributed by atoms with Gasteiger partial charge >= 0.3 is 6.61 Å². The highest BCUT2D eigenvalue weighted by atomic mass is 19.3. The summed E-state index contributed by atoms with van der Waals surface area (Å²) in [6, 6.07) is 11.9. The van der Waals surface area contributed by atoms with Crippen molar-refractivity contribution in [2.45, 2.75) is 33.4 Å². The van der Waals surface area contributed by atoms with Crippen LogP contribution in [-0.2, 0) is 16.1 Å². The number of carbonyl (C=O) groups excluding carboxylic acids is 2. The number of rotatable bonds is 6. The van der Waals surface area contributed by atoms with Crippen LogP contribution in [0.4, 0.5) is 14.5 Å². The number of alkyl halides is 2. The molecule has 0 bridgehead atoms. The minimum atomic E-state index is -2.87. The van der Waals surface area contributed by atoms with Crippen LogP contribution in [0, 0.1) is 19.8 Å². The van der Waals surface area contributed by atoms with E-state index in [1.165, 1.54) is 12.1 Å². The van der Waals surface area contributed by atoms with E-state index in [-0.39, 0.29) is 30.5 Å². The van der Waals surface area contributed by atoms with Crippen molar-refractivity contribution >= 4 is 17.5 Å². The highest BCUT2D eigenvalue weighted by Crippen LogP contribution is 2.29. The van der Waals surface area contributed by atoms with Crippen molar-refractivity contribution < 1.29 is 23.1 Å². The molecule has 0 saturated carbocycles. The minimum absolute atomic E-state index is 0.0654. The Balaban J connectivity index is 1.58. The molecule has 0 aliphatic carbocycles. The van der Waals surface area contributed by atoms with Crippen LogP contribution in [0.2, 0.25) is 0 Å². The van der Waals surface area contributed by atoms with E-state index >= 15 is 0 Å². The third-order valence-electron chi connectivity index (χ3n) is 4.98. The van der Waals surface area contributed by atoms with Crippen LogP contribution >= 0.6 is 0 Å². The number of nitrogens with zero attached hydrogens (tertiary/aromatic N) is 1. The largest absolute Gasteiger partial charge is 0.435 e. The standard InChI is InChI=1S/C21H22F2N2O3/c1-13-4-3-5-18(14(13)2)25-12-16(10-19(25)26)20(27)24-11-15-6-8-17(9-7-15)28-21(22)23/h3-9,16,21H,10-12H2,1-2H3,(H,24,27)/t16-/m0/s1. The van der Waals surface area contributed by atoms with Gasteiger partial charge in [0.05, 0.1) is 5.92 Å². The van der Waals surface area contributed by atoms with Gasteiger partial charge in [-0.2, -0.15) is 8.78 Å². The van der Waals surface area contributed by atoms with Crippen molar-refractivity contribution in [3.05, 3.63) is 59.2 Å². The zero-order chi connectivity index (χ0) is 20.3.